The van der Waals surface area contributed by atoms with Gasteiger partial charge in [0.05, 0.1) is 17.9 Å². The summed E-state index contributed by atoms with van der Waals surface area (Å²) in [5.74, 6) is -0.330. The fourth-order valence-corrected chi connectivity index (χ4v) is 2.34. The quantitative estimate of drug-likeness (QED) is 0.861. The summed E-state index contributed by atoms with van der Waals surface area (Å²) >= 11 is 0. The fourth-order valence-electron chi connectivity index (χ4n) is 2.34. The largest absolute Gasteiger partial charge is 0.393 e. The van der Waals surface area contributed by atoms with Gasteiger partial charge in [-0.3, -0.25) is 4.79 Å². The third kappa shape index (κ3) is 2.84. The van der Waals surface area contributed by atoms with E-state index in [1.807, 2.05) is 0 Å². The summed E-state index contributed by atoms with van der Waals surface area (Å²) in [5.41, 5.74) is 0.230. The summed E-state index contributed by atoms with van der Waals surface area (Å²) in [4.78, 5) is 17.8. The van der Waals surface area contributed by atoms with Crippen molar-refractivity contribution in [2.45, 2.75) is 19.4 Å². The van der Waals surface area contributed by atoms with Crippen LogP contribution in [0.15, 0.2) is 12.3 Å². The molecular formula is C13H18FN3O2. The standard InChI is InChI=1S/C13H18FN3O2/c1-8(18)9-3-4-17(7-9)13(19)11-5-10(14)6-16-12(11)15-2/h5-6,8-9,18H,3-4,7H2,1-2H3,(H,15,16). The molecule has 2 atom stereocenters. The van der Waals surface area contributed by atoms with Crippen LogP contribution in [0.4, 0.5) is 10.2 Å². The third-order valence-electron chi connectivity index (χ3n) is 3.52. The molecule has 0 spiro atoms. The molecule has 2 N–H and O–H groups in total. The number of anilines is 1. The molecule has 2 heterocycles. The molecule has 1 aromatic rings. The molecule has 1 aliphatic heterocycles. The number of carbonyl (C=O) groups excluding carboxylic acids is 1. The van der Waals surface area contributed by atoms with E-state index < -0.39 is 11.9 Å². The topological polar surface area (TPSA) is 65.5 Å². The minimum Gasteiger partial charge on any atom is -0.393 e. The summed E-state index contributed by atoms with van der Waals surface area (Å²) in [6.45, 7) is 2.80. The van der Waals surface area contributed by atoms with E-state index in [0.29, 0.717) is 18.9 Å². The van der Waals surface area contributed by atoms with Crippen LogP contribution in [0.5, 0.6) is 0 Å². The Labute approximate surface area is 111 Å². The number of hydrogen-bond donors (Lipinski definition) is 2. The number of amides is 1. The maximum atomic E-state index is 13.2. The normalized spacial score (nSPS) is 20.4. The first kappa shape index (κ1) is 13.7. The molecule has 1 fully saturated rings. The van der Waals surface area contributed by atoms with Gasteiger partial charge in [-0.2, -0.15) is 0 Å². The highest BCUT2D eigenvalue weighted by molar-refractivity contribution is 5.98. The van der Waals surface area contributed by atoms with Gasteiger partial charge in [0.25, 0.3) is 5.91 Å². The Hall–Kier alpha value is -1.69. The Bertz CT molecular complexity index is 479. The molecule has 6 heteroatoms. The number of aliphatic hydroxyl groups excluding tert-OH is 1. The van der Waals surface area contributed by atoms with Gasteiger partial charge in [-0.1, -0.05) is 0 Å². The highest BCUT2D eigenvalue weighted by Crippen LogP contribution is 2.23. The molecule has 2 rings (SSSR count). The number of likely N-dealkylation sites (tertiary alicyclic amines) is 1. The molecule has 19 heavy (non-hydrogen) atoms. The van der Waals surface area contributed by atoms with Crippen LogP contribution in [0, 0.1) is 11.7 Å². The van der Waals surface area contributed by atoms with E-state index in [1.54, 1.807) is 18.9 Å². The lowest BCUT2D eigenvalue weighted by Crippen LogP contribution is -2.31. The molecule has 1 saturated heterocycles. The van der Waals surface area contributed by atoms with Crippen LogP contribution >= 0.6 is 0 Å². The smallest absolute Gasteiger partial charge is 0.257 e. The lowest BCUT2D eigenvalue weighted by atomic mass is 10.0. The van der Waals surface area contributed by atoms with Crippen molar-refractivity contribution >= 4 is 11.7 Å². The van der Waals surface area contributed by atoms with Gasteiger partial charge in [0.1, 0.15) is 11.6 Å². The van der Waals surface area contributed by atoms with Crippen LogP contribution < -0.4 is 5.32 Å². The Morgan fingerprint density at radius 1 is 1.68 bits per heavy atom. The van der Waals surface area contributed by atoms with E-state index in [4.69, 9.17) is 0 Å². The van der Waals surface area contributed by atoms with Crippen LogP contribution in [-0.4, -0.2) is 47.1 Å². The fraction of sp³-hybridized carbons (Fsp3) is 0.538. The van der Waals surface area contributed by atoms with E-state index in [2.05, 4.69) is 10.3 Å². The molecule has 0 bridgehead atoms. The molecule has 5 nitrogen and oxygen atoms in total. The van der Waals surface area contributed by atoms with Gasteiger partial charge < -0.3 is 15.3 Å². The highest BCUT2D eigenvalue weighted by Gasteiger charge is 2.30. The SMILES string of the molecule is CNc1ncc(F)cc1C(=O)N1CCC(C(C)O)C1. The van der Waals surface area contributed by atoms with Crippen molar-refractivity contribution in [3.8, 4) is 0 Å². The van der Waals surface area contributed by atoms with Gasteiger partial charge >= 0.3 is 0 Å². The second-order valence-electron chi connectivity index (χ2n) is 4.84. The van der Waals surface area contributed by atoms with Gasteiger partial charge in [0.2, 0.25) is 0 Å². The average Bonchev–Trinajstić information content (AvgIpc) is 2.87. The summed E-state index contributed by atoms with van der Waals surface area (Å²) < 4.78 is 13.2. The number of nitrogens with zero attached hydrogens (tertiary/aromatic N) is 2. The summed E-state index contributed by atoms with van der Waals surface area (Å²) in [6.07, 6.45) is 1.40. The molecule has 0 radical (unpaired) electrons. The van der Waals surface area contributed by atoms with Crippen molar-refractivity contribution in [3.63, 3.8) is 0 Å². The Kier molecular flexibility index (Phi) is 3.99. The molecule has 0 saturated carbocycles. The second kappa shape index (κ2) is 5.52. The third-order valence-corrected chi connectivity index (χ3v) is 3.52. The first-order valence-electron chi connectivity index (χ1n) is 6.33. The predicted octanol–water partition coefficient (Wildman–Crippen LogP) is 1.11. The Balaban J connectivity index is 2.19. The Morgan fingerprint density at radius 2 is 2.42 bits per heavy atom. The van der Waals surface area contributed by atoms with Crippen molar-refractivity contribution in [1.82, 2.24) is 9.88 Å². The maximum absolute atomic E-state index is 13.2. The zero-order valence-electron chi connectivity index (χ0n) is 11.1. The van der Waals surface area contributed by atoms with Crippen molar-refractivity contribution in [2.24, 2.45) is 5.92 Å². The number of rotatable bonds is 3. The lowest BCUT2D eigenvalue weighted by Gasteiger charge is -2.19. The predicted molar refractivity (Wildman–Crippen MR) is 69.4 cm³/mol. The first-order valence-corrected chi connectivity index (χ1v) is 6.33. The number of carbonyl (C=O) groups is 1. The molecule has 2 unspecified atom stereocenters. The van der Waals surface area contributed by atoms with Crippen LogP contribution in [0.2, 0.25) is 0 Å². The number of aromatic nitrogens is 1. The van der Waals surface area contributed by atoms with Gasteiger partial charge in [-0.15, -0.1) is 0 Å². The lowest BCUT2D eigenvalue weighted by molar-refractivity contribution is 0.0762. The van der Waals surface area contributed by atoms with E-state index in [1.165, 1.54) is 6.07 Å². The molecule has 104 valence electrons. The summed E-state index contributed by atoms with van der Waals surface area (Å²) in [6, 6.07) is 1.19. The van der Waals surface area contributed by atoms with Crippen LogP contribution in [0.3, 0.4) is 0 Å². The molecule has 1 aromatic heterocycles. The molecule has 0 aromatic carbocycles. The zero-order chi connectivity index (χ0) is 14.0. The van der Waals surface area contributed by atoms with Crippen molar-refractivity contribution in [2.75, 3.05) is 25.5 Å². The maximum Gasteiger partial charge on any atom is 0.257 e. The van der Waals surface area contributed by atoms with Crippen LogP contribution in [-0.2, 0) is 0 Å². The second-order valence-corrected chi connectivity index (χ2v) is 4.84. The summed E-state index contributed by atoms with van der Waals surface area (Å²) in [7, 11) is 1.64. The van der Waals surface area contributed by atoms with E-state index in [0.717, 1.165) is 12.6 Å². The molecule has 0 aliphatic carbocycles. The minimum absolute atomic E-state index is 0.0866. The zero-order valence-corrected chi connectivity index (χ0v) is 11.1. The number of halogens is 1. The summed E-state index contributed by atoms with van der Waals surface area (Å²) in [5, 5.41) is 12.3. The molecular weight excluding hydrogens is 249 g/mol. The van der Waals surface area contributed by atoms with Crippen LogP contribution in [0.1, 0.15) is 23.7 Å². The number of pyridine rings is 1. The number of nitrogens with one attached hydrogen (secondary N) is 1. The van der Waals surface area contributed by atoms with Gasteiger partial charge in [0, 0.05) is 26.1 Å². The van der Waals surface area contributed by atoms with E-state index in [-0.39, 0.29) is 17.4 Å². The number of aliphatic hydroxyl groups is 1. The molecule has 1 aliphatic rings. The molecule has 1 amide bonds. The van der Waals surface area contributed by atoms with Gasteiger partial charge in [0.15, 0.2) is 0 Å². The van der Waals surface area contributed by atoms with Gasteiger partial charge in [-0.05, 0) is 19.4 Å². The van der Waals surface area contributed by atoms with E-state index >= 15 is 0 Å². The van der Waals surface area contributed by atoms with Gasteiger partial charge in [-0.25, -0.2) is 9.37 Å². The Morgan fingerprint density at radius 3 is 3.00 bits per heavy atom. The average molecular weight is 267 g/mol. The van der Waals surface area contributed by atoms with E-state index in [9.17, 15) is 14.3 Å². The van der Waals surface area contributed by atoms with Crippen LogP contribution in [0.25, 0.3) is 0 Å². The minimum atomic E-state index is -0.534. The van der Waals surface area contributed by atoms with Crippen molar-refractivity contribution in [1.29, 1.82) is 0 Å². The monoisotopic (exact) mass is 267 g/mol. The number of hydrogen-bond acceptors (Lipinski definition) is 4. The van der Waals surface area contributed by atoms with Crippen molar-refractivity contribution in [3.05, 3.63) is 23.6 Å². The first-order chi connectivity index (χ1) is 9.02. The highest BCUT2D eigenvalue weighted by atomic mass is 19.1. The van der Waals surface area contributed by atoms with Crippen molar-refractivity contribution < 1.29 is 14.3 Å².